The molecule has 1 aliphatic rings. The van der Waals surface area contributed by atoms with Gasteiger partial charge in [0.25, 0.3) is 0 Å². The molecule has 1 N–H and O–H groups in total. The van der Waals surface area contributed by atoms with Gasteiger partial charge in [-0.15, -0.1) is 0 Å². The Hall–Kier alpha value is -1.77. The molecule has 0 bridgehead atoms. The molecule has 1 atom stereocenters. The molecule has 1 heterocycles. The second-order valence-electron chi connectivity index (χ2n) is 5.31. The molecule has 0 spiro atoms. The molecule has 2 aromatic carbocycles. The van der Waals surface area contributed by atoms with Crippen LogP contribution in [0.2, 0.25) is 0 Å². The Labute approximate surface area is 131 Å². The zero-order chi connectivity index (χ0) is 15.3. The van der Waals surface area contributed by atoms with E-state index in [1.165, 1.54) is 0 Å². The van der Waals surface area contributed by atoms with Crippen molar-refractivity contribution in [2.75, 3.05) is 6.54 Å². The van der Waals surface area contributed by atoms with Crippen LogP contribution in [0.25, 0.3) is 0 Å². The molecule has 116 valence electrons. The molecule has 0 aliphatic carbocycles. The molecule has 22 heavy (non-hydrogen) atoms. The van der Waals surface area contributed by atoms with Crippen LogP contribution in [0.15, 0.2) is 60.7 Å². The van der Waals surface area contributed by atoms with Crippen LogP contribution in [0.4, 0.5) is 0 Å². The molecule has 0 amide bonds. The van der Waals surface area contributed by atoms with Gasteiger partial charge >= 0.3 is 7.60 Å². The maximum absolute atomic E-state index is 13.4. The van der Waals surface area contributed by atoms with E-state index in [9.17, 15) is 4.57 Å². The molecular weight excluding hydrogens is 297 g/mol. The lowest BCUT2D eigenvalue weighted by molar-refractivity contribution is 0.340. The number of nitrogens with one attached hydrogen (secondary N) is 1. The van der Waals surface area contributed by atoms with Crippen molar-refractivity contribution in [3.8, 4) is 11.5 Å². The number of benzene rings is 2. The Kier molecular flexibility index (Phi) is 4.81. The molecule has 1 aliphatic heterocycles. The maximum Gasteiger partial charge on any atom is 0.447 e. The van der Waals surface area contributed by atoms with E-state index in [1.807, 2.05) is 36.4 Å². The third-order valence-electron chi connectivity index (χ3n) is 3.62. The predicted molar refractivity (Wildman–Crippen MR) is 87.4 cm³/mol. The first-order chi connectivity index (χ1) is 10.8. The lowest BCUT2D eigenvalue weighted by Gasteiger charge is -2.30. The fraction of sp³-hybridized carbons (Fsp3) is 0.294. The van der Waals surface area contributed by atoms with E-state index in [0.717, 1.165) is 25.8 Å². The molecule has 3 rings (SSSR count). The summed E-state index contributed by atoms with van der Waals surface area (Å²) in [6, 6.07) is 18.4. The van der Waals surface area contributed by atoms with Gasteiger partial charge < -0.3 is 14.4 Å². The van der Waals surface area contributed by atoms with Crippen LogP contribution < -0.4 is 14.4 Å². The lowest BCUT2D eigenvalue weighted by atomic mass is 10.2. The molecule has 5 heteroatoms. The molecular formula is C17H20NO3P. The van der Waals surface area contributed by atoms with Crippen LogP contribution in [0.3, 0.4) is 0 Å². The maximum atomic E-state index is 13.4. The van der Waals surface area contributed by atoms with Crippen LogP contribution in [-0.2, 0) is 4.57 Å². The second kappa shape index (κ2) is 6.99. The highest BCUT2D eigenvalue weighted by molar-refractivity contribution is 7.55. The first-order valence-corrected chi connectivity index (χ1v) is 9.20. The molecule has 0 radical (unpaired) electrons. The number of para-hydroxylation sites is 2. The Morgan fingerprint density at radius 3 is 1.86 bits per heavy atom. The topological polar surface area (TPSA) is 47.6 Å². The van der Waals surface area contributed by atoms with Gasteiger partial charge in [-0.25, -0.2) is 4.57 Å². The average Bonchev–Trinajstić information content (AvgIpc) is 2.57. The van der Waals surface area contributed by atoms with Gasteiger partial charge in [-0.05, 0) is 50.1 Å². The minimum atomic E-state index is -3.35. The van der Waals surface area contributed by atoms with Gasteiger partial charge in [0.2, 0.25) is 0 Å². The van der Waals surface area contributed by atoms with Gasteiger partial charge in [0, 0.05) is 0 Å². The summed E-state index contributed by atoms with van der Waals surface area (Å²) in [5, 5.41) is 3.29. The first kappa shape index (κ1) is 15.1. The van der Waals surface area contributed by atoms with Gasteiger partial charge in [-0.1, -0.05) is 36.4 Å². The highest BCUT2D eigenvalue weighted by Crippen LogP contribution is 2.53. The Bertz CT molecular complexity index is 581. The second-order valence-corrected chi connectivity index (χ2v) is 7.38. The summed E-state index contributed by atoms with van der Waals surface area (Å²) >= 11 is 0. The third-order valence-corrected chi connectivity index (χ3v) is 5.75. The Morgan fingerprint density at radius 1 is 0.864 bits per heavy atom. The molecule has 1 fully saturated rings. The zero-order valence-electron chi connectivity index (χ0n) is 12.4. The summed E-state index contributed by atoms with van der Waals surface area (Å²) < 4.78 is 25.0. The van der Waals surface area contributed by atoms with Crippen molar-refractivity contribution in [1.82, 2.24) is 5.32 Å². The monoisotopic (exact) mass is 317 g/mol. The summed E-state index contributed by atoms with van der Waals surface area (Å²) in [7, 11) is -3.35. The summed E-state index contributed by atoms with van der Waals surface area (Å²) in [5.74, 6) is 0.852. The van der Waals surface area contributed by atoms with Gasteiger partial charge in [-0.3, -0.25) is 0 Å². The van der Waals surface area contributed by atoms with Crippen molar-refractivity contribution in [2.45, 2.75) is 25.0 Å². The lowest BCUT2D eigenvalue weighted by Crippen LogP contribution is -2.36. The van der Waals surface area contributed by atoms with Crippen molar-refractivity contribution in [3.63, 3.8) is 0 Å². The summed E-state index contributed by atoms with van der Waals surface area (Å²) in [5.41, 5.74) is 0. The highest BCUT2D eigenvalue weighted by Gasteiger charge is 2.39. The number of piperidine rings is 1. The van der Waals surface area contributed by atoms with E-state index in [4.69, 9.17) is 9.05 Å². The van der Waals surface area contributed by atoms with E-state index >= 15 is 0 Å². The summed E-state index contributed by atoms with van der Waals surface area (Å²) in [6.07, 6.45) is 2.90. The smallest absolute Gasteiger partial charge is 0.415 e. The minimum absolute atomic E-state index is 0.276. The van der Waals surface area contributed by atoms with Crippen molar-refractivity contribution in [1.29, 1.82) is 0 Å². The highest BCUT2D eigenvalue weighted by atomic mass is 31.2. The van der Waals surface area contributed by atoms with Crippen molar-refractivity contribution in [3.05, 3.63) is 60.7 Å². The molecule has 0 aromatic heterocycles. The molecule has 0 unspecified atom stereocenters. The van der Waals surface area contributed by atoms with Crippen molar-refractivity contribution >= 4 is 7.60 Å². The van der Waals surface area contributed by atoms with E-state index in [1.54, 1.807) is 24.3 Å². The van der Waals surface area contributed by atoms with E-state index < -0.39 is 7.60 Å². The van der Waals surface area contributed by atoms with Crippen LogP contribution in [-0.4, -0.2) is 12.3 Å². The standard InChI is InChI=1S/C17H20NO3P/c19-22(17-13-7-8-14-18-17,20-15-9-3-1-4-10-15)21-16-11-5-2-6-12-16/h1-6,9-12,17-18H,7-8,13-14H2/t17-/m1/s1. The number of rotatable bonds is 5. The molecule has 1 saturated heterocycles. The van der Waals surface area contributed by atoms with E-state index in [2.05, 4.69) is 5.32 Å². The van der Waals surface area contributed by atoms with Crippen LogP contribution >= 0.6 is 7.60 Å². The predicted octanol–water partition coefficient (Wildman–Crippen LogP) is 4.44. The number of hydrogen-bond acceptors (Lipinski definition) is 4. The van der Waals surface area contributed by atoms with Crippen molar-refractivity contribution in [2.24, 2.45) is 0 Å². The summed E-state index contributed by atoms with van der Waals surface area (Å²) in [4.78, 5) is 0. The van der Waals surface area contributed by atoms with Crippen molar-refractivity contribution < 1.29 is 13.6 Å². The fourth-order valence-corrected chi connectivity index (χ4v) is 4.48. The summed E-state index contributed by atoms with van der Waals surface area (Å²) in [6.45, 7) is 0.838. The zero-order valence-corrected chi connectivity index (χ0v) is 13.2. The Balaban J connectivity index is 1.85. The van der Waals surface area contributed by atoms with Crippen LogP contribution in [0.5, 0.6) is 11.5 Å². The number of hydrogen-bond donors (Lipinski definition) is 1. The van der Waals surface area contributed by atoms with Gasteiger partial charge in [-0.2, -0.15) is 0 Å². The van der Waals surface area contributed by atoms with Gasteiger partial charge in [0.05, 0.1) is 0 Å². The molecule has 2 aromatic rings. The van der Waals surface area contributed by atoms with E-state index in [0.29, 0.717) is 11.5 Å². The van der Waals surface area contributed by atoms with E-state index in [-0.39, 0.29) is 5.78 Å². The minimum Gasteiger partial charge on any atom is -0.415 e. The van der Waals surface area contributed by atoms with Gasteiger partial charge in [0.1, 0.15) is 17.3 Å². The van der Waals surface area contributed by atoms with Gasteiger partial charge in [0.15, 0.2) is 0 Å². The van der Waals surface area contributed by atoms with Crippen LogP contribution in [0.1, 0.15) is 19.3 Å². The largest absolute Gasteiger partial charge is 0.447 e. The molecule has 0 saturated carbocycles. The fourth-order valence-electron chi connectivity index (χ4n) is 2.51. The average molecular weight is 317 g/mol. The molecule has 4 nitrogen and oxygen atoms in total. The third kappa shape index (κ3) is 3.70. The van der Waals surface area contributed by atoms with Crippen LogP contribution in [0, 0.1) is 0 Å². The Morgan fingerprint density at radius 2 is 1.41 bits per heavy atom. The quantitative estimate of drug-likeness (QED) is 0.828. The SMILES string of the molecule is O=P(Oc1ccccc1)(Oc1ccccc1)[C@@H]1CCCCN1. The normalized spacial score (nSPS) is 18.6. The first-order valence-electron chi connectivity index (χ1n) is 7.59.